The molecule has 0 aliphatic carbocycles. The molecule has 0 saturated heterocycles. The van der Waals surface area contributed by atoms with Gasteiger partial charge in [0.25, 0.3) is 0 Å². The summed E-state index contributed by atoms with van der Waals surface area (Å²) in [5, 5.41) is 5.41. The Morgan fingerprint density at radius 3 is 3.00 bits per heavy atom. The van der Waals surface area contributed by atoms with Crippen LogP contribution in [0.2, 0.25) is 5.02 Å². The number of nitrogens with one attached hydrogen (secondary N) is 1. The molecule has 104 valence electrons. The number of halogens is 1. The molecule has 20 heavy (non-hydrogen) atoms. The molecule has 1 atom stereocenters. The van der Waals surface area contributed by atoms with E-state index in [1.165, 1.54) is 10.9 Å². The van der Waals surface area contributed by atoms with Crippen LogP contribution in [0.3, 0.4) is 0 Å². The van der Waals surface area contributed by atoms with Crippen molar-refractivity contribution in [1.29, 1.82) is 0 Å². The van der Waals surface area contributed by atoms with Gasteiger partial charge in [0.15, 0.2) is 0 Å². The number of hydrogen-bond donors (Lipinski definition) is 1. The fourth-order valence-corrected chi connectivity index (χ4v) is 2.59. The van der Waals surface area contributed by atoms with Crippen LogP contribution in [0.15, 0.2) is 53.3 Å². The lowest BCUT2D eigenvalue weighted by atomic mass is 10.2. The third-order valence-corrected chi connectivity index (χ3v) is 3.74. The number of benzene rings is 1. The highest BCUT2D eigenvalue weighted by atomic mass is 35.5. The Hall–Kier alpha value is -1.71. The average molecular weight is 289 g/mol. The van der Waals surface area contributed by atoms with Crippen molar-refractivity contribution in [3.63, 3.8) is 0 Å². The van der Waals surface area contributed by atoms with E-state index in [0.29, 0.717) is 0 Å². The van der Waals surface area contributed by atoms with Gasteiger partial charge in [-0.25, -0.2) is 0 Å². The second-order valence-corrected chi connectivity index (χ2v) is 5.34. The Kier molecular flexibility index (Phi) is 3.81. The van der Waals surface area contributed by atoms with Crippen LogP contribution in [0.5, 0.6) is 0 Å². The molecule has 1 unspecified atom stereocenters. The Morgan fingerprint density at radius 2 is 2.20 bits per heavy atom. The highest BCUT2D eigenvalue weighted by Crippen LogP contribution is 2.20. The smallest absolute Gasteiger partial charge is 0.120 e. The van der Waals surface area contributed by atoms with Crippen LogP contribution in [0.4, 0.5) is 0 Å². The van der Waals surface area contributed by atoms with Crippen LogP contribution in [0, 0.1) is 0 Å². The number of fused-ring (bicyclic) bond motifs is 1. The molecule has 2 aromatic heterocycles. The van der Waals surface area contributed by atoms with Gasteiger partial charge in [0.2, 0.25) is 0 Å². The normalized spacial score (nSPS) is 12.9. The lowest BCUT2D eigenvalue weighted by Crippen LogP contribution is -2.22. The van der Waals surface area contributed by atoms with E-state index < -0.39 is 0 Å². The summed E-state index contributed by atoms with van der Waals surface area (Å²) in [5.74, 6) is 0.967. The second kappa shape index (κ2) is 5.73. The molecule has 0 spiro atoms. The zero-order chi connectivity index (χ0) is 13.9. The maximum absolute atomic E-state index is 6.00. The zero-order valence-electron chi connectivity index (χ0n) is 11.3. The molecule has 3 nitrogen and oxygen atoms in total. The fraction of sp³-hybridized carbons (Fsp3) is 0.250. The van der Waals surface area contributed by atoms with Crippen molar-refractivity contribution in [1.82, 2.24) is 9.88 Å². The van der Waals surface area contributed by atoms with Gasteiger partial charge >= 0.3 is 0 Å². The molecule has 0 fully saturated rings. The van der Waals surface area contributed by atoms with Gasteiger partial charge in [-0.1, -0.05) is 11.6 Å². The molecular weight excluding hydrogens is 272 g/mol. The lowest BCUT2D eigenvalue weighted by Gasteiger charge is -2.12. The minimum atomic E-state index is 0.223. The van der Waals surface area contributed by atoms with E-state index in [-0.39, 0.29) is 6.04 Å². The van der Waals surface area contributed by atoms with Crippen molar-refractivity contribution in [2.45, 2.75) is 19.5 Å². The van der Waals surface area contributed by atoms with E-state index in [9.17, 15) is 0 Å². The van der Waals surface area contributed by atoms with Gasteiger partial charge in [0.05, 0.1) is 12.3 Å². The first kappa shape index (κ1) is 13.3. The molecule has 0 aliphatic rings. The van der Waals surface area contributed by atoms with Crippen molar-refractivity contribution in [2.24, 2.45) is 0 Å². The maximum atomic E-state index is 6.00. The SMILES string of the molecule is CC(NCCn1ccc2cc(Cl)ccc21)c1ccco1. The first-order valence-electron chi connectivity index (χ1n) is 6.75. The van der Waals surface area contributed by atoms with E-state index in [2.05, 4.69) is 35.1 Å². The molecule has 1 N–H and O–H groups in total. The quantitative estimate of drug-likeness (QED) is 0.761. The van der Waals surface area contributed by atoms with E-state index >= 15 is 0 Å². The summed E-state index contributed by atoms with van der Waals surface area (Å²) in [7, 11) is 0. The Labute approximate surface area is 123 Å². The monoisotopic (exact) mass is 288 g/mol. The summed E-state index contributed by atoms with van der Waals surface area (Å²) in [4.78, 5) is 0. The molecule has 4 heteroatoms. The van der Waals surface area contributed by atoms with Crippen molar-refractivity contribution >= 4 is 22.5 Å². The molecule has 0 aliphatic heterocycles. The van der Waals surface area contributed by atoms with E-state index in [4.69, 9.17) is 16.0 Å². The summed E-state index contributed by atoms with van der Waals surface area (Å²) in [5.41, 5.74) is 1.21. The van der Waals surface area contributed by atoms with Crippen molar-refractivity contribution in [3.05, 3.63) is 59.6 Å². The highest BCUT2D eigenvalue weighted by Gasteiger charge is 2.07. The van der Waals surface area contributed by atoms with E-state index in [0.717, 1.165) is 23.9 Å². The summed E-state index contributed by atoms with van der Waals surface area (Å²) in [6.45, 7) is 3.90. The van der Waals surface area contributed by atoms with Gasteiger partial charge in [0.1, 0.15) is 5.76 Å². The zero-order valence-corrected chi connectivity index (χ0v) is 12.1. The lowest BCUT2D eigenvalue weighted by molar-refractivity contribution is 0.425. The number of furan rings is 1. The molecule has 1 aromatic carbocycles. The molecule has 0 bridgehead atoms. The van der Waals surface area contributed by atoms with Crippen molar-refractivity contribution < 1.29 is 4.42 Å². The van der Waals surface area contributed by atoms with Gasteiger partial charge in [-0.3, -0.25) is 0 Å². The van der Waals surface area contributed by atoms with Crippen LogP contribution in [-0.4, -0.2) is 11.1 Å². The van der Waals surface area contributed by atoms with Gasteiger partial charge in [-0.05, 0) is 43.3 Å². The van der Waals surface area contributed by atoms with Crippen LogP contribution < -0.4 is 5.32 Å². The topological polar surface area (TPSA) is 30.1 Å². The van der Waals surface area contributed by atoms with Crippen LogP contribution in [-0.2, 0) is 6.54 Å². The maximum Gasteiger partial charge on any atom is 0.120 e. The standard InChI is InChI=1S/C16H17ClN2O/c1-12(16-3-2-10-20-16)18-7-9-19-8-6-13-11-14(17)4-5-15(13)19/h2-6,8,10-12,18H,7,9H2,1H3. The Morgan fingerprint density at radius 1 is 1.30 bits per heavy atom. The third-order valence-electron chi connectivity index (χ3n) is 3.51. The third kappa shape index (κ3) is 2.74. The van der Waals surface area contributed by atoms with Gasteiger partial charge < -0.3 is 14.3 Å². The molecule has 0 amide bonds. The summed E-state index contributed by atoms with van der Waals surface area (Å²) in [6.07, 6.45) is 3.80. The van der Waals surface area contributed by atoms with Gasteiger partial charge in [-0.2, -0.15) is 0 Å². The largest absolute Gasteiger partial charge is 0.468 e. The predicted octanol–water partition coefficient (Wildman–Crippen LogP) is 4.24. The number of nitrogens with zero attached hydrogens (tertiary/aromatic N) is 1. The van der Waals surface area contributed by atoms with Crippen molar-refractivity contribution in [2.75, 3.05) is 6.54 Å². The van der Waals surface area contributed by atoms with Crippen LogP contribution in [0.25, 0.3) is 10.9 Å². The highest BCUT2D eigenvalue weighted by molar-refractivity contribution is 6.31. The van der Waals surface area contributed by atoms with Gasteiger partial charge in [0, 0.05) is 35.2 Å². The summed E-state index contributed by atoms with van der Waals surface area (Å²) in [6, 6.07) is 12.2. The average Bonchev–Trinajstić information content (AvgIpc) is 3.08. The number of rotatable bonds is 5. The van der Waals surface area contributed by atoms with Crippen LogP contribution >= 0.6 is 11.6 Å². The first-order chi connectivity index (χ1) is 9.74. The number of aromatic nitrogens is 1. The minimum Gasteiger partial charge on any atom is -0.468 e. The molecule has 2 heterocycles. The molecule has 3 rings (SSSR count). The molecular formula is C16H17ClN2O. The van der Waals surface area contributed by atoms with E-state index in [1.807, 2.05) is 24.3 Å². The molecule has 3 aromatic rings. The predicted molar refractivity (Wildman–Crippen MR) is 82.1 cm³/mol. The summed E-state index contributed by atoms with van der Waals surface area (Å²) >= 11 is 6.00. The fourth-order valence-electron chi connectivity index (χ4n) is 2.41. The van der Waals surface area contributed by atoms with Crippen molar-refractivity contribution in [3.8, 4) is 0 Å². The second-order valence-electron chi connectivity index (χ2n) is 4.90. The minimum absolute atomic E-state index is 0.223. The van der Waals surface area contributed by atoms with Crippen LogP contribution in [0.1, 0.15) is 18.7 Å². The Balaban J connectivity index is 1.63. The first-order valence-corrected chi connectivity index (χ1v) is 7.13. The molecule has 0 radical (unpaired) electrons. The summed E-state index contributed by atoms with van der Waals surface area (Å²) < 4.78 is 7.61. The van der Waals surface area contributed by atoms with Gasteiger partial charge in [-0.15, -0.1) is 0 Å². The number of hydrogen-bond acceptors (Lipinski definition) is 2. The van der Waals surface area contributed by atoms with E-state index in [1.54, 1.807) is 6.26 Å². The molecule has 0 saturated carbocycles. The Bertz CT molecular complexity index is 688.